The summed E-state index contributed by atoms with van der Waals surface area (Å²) < 4.78 is 10.6. The Bertz CT molecular complexity index is 482. The molecule has 0 saturated carbocycles. The van der Waals surface area contributed by atoms with Gasteiger partial charge in [-0.15, -0.1) is 0 Å². The van der Waals surface area contributed by atoms with E-state index in [-0.39, 0.29) is 12.4 Å². The van der Waals surface area contributed by atoms with Gasteiger partial charge in [0.25, 0.3) is 0 Å². The summed E-state index contributed by atoms with van der Waals surface area (Å²) in [5.41, 5.74) is -0.612. The highest BCUT2D eigenvalue weighted by Crippen LogP contribution is 2.15. The van der Waals surface area contributed by atoms with Gasteiger partial charge in [-0.25, -0.2) is 4.79 Å². The van der Waals surface area contributed by atoms with Gasteiger partial charge in [0.1, 0.15) is 11.2 Å². The molecule has 0 aromatic rings. The Labute approximate surface area is 166 Å². The van der Waals surface area contributed by atoms with E-state index in [1.807, 2.05) is 20.8 Å². The van der Waals surface area contributed by atoms with Crippen molar-refractivity contribution in [3.63, 3.8) is 0 Å². The third kappa shape index (κ3) is 17.8. The Balaban J connectivity index is 4.60. The lowest BCUT2D eigenvalue weighted by Gasteiger charge is -2.20. The van der Waals surface area contributed by atoms with Crippen LogP contribution in [0.15, 0.2) is 4.99 Å². The summed E-state index contributed by atoms with van der Waals surface area (Å²) in [5.74, 6) is 0.396. The van der Waals surface area contributed by atoms with Crippen LogP contribution in [0.25, 0.3) is 0 Å². The lowest BCUT2D eigenvalue weighted by atomic mass is 10.0. The lowest BCUT2D eigenvalue weighted by molar-refractivity contribution is -0.153. The van der Waals surface area contributed by atoms with Crippen molar-refractivity contribution in [2.45, 2.75) is 118 Å². The van der Waals surface area contributed by atoms with Crippen LogP contribution in [0.5, 0.6) is 0 Å². The molecule has 0 aromatic heterocycles. The molecule has 0 radical (unpaired) electrons. The number of amides is 1. The van der Waals surface area contributed by atoms with Crippen molar-refractivity contribution in [3.8, 4) is 0 Å². The summed E-state index contributed by atoms with van der Waals surface area (Å²) in [5, 5.41) is 0. The fraction of sp³-hybridized carbons (Fsp3) is 0.864. The summed E-state index contributed by atoms with van der Waals surface area (Å²) in [6, 6.07) is 0. The van der Waals surface area contributed by atoms with Crippen molar-refractivity contribution in [1.82, 2.24) is 0 Å². The number of rotatable bonds is 10. The minimum Gasteiger partial charge on any atom is -0.460 e. The second-order valence-corrected chi connectivity index (χ2v) is 9.62. The van der Waals surface area contributed by atoms with Gasteiger partial charge in [0.2, 0.25) is 0 Å². The maximum Gasteiger partial charge on any atom is 0.434 e. The summed E-state index contributed by atoms with van der Waals surface area (Å²) >= 11 is 0. The summed E-state index contributed by atoms with van der Waals surface area (Å²) in [6.07, 6.45) is 6.90. The molecule has 0 bridgehead atoms. The molecule has 0 heterocycles. The number of carbonyl (C=O) groups excluding carboxylic acids is 2. The number of ether oxygens (including phenoxy) is 2. The van der Waals surface area contributed by atoms with Crippen LogP contribution in [-0.4, -0.2) is 29.0 Å². The van der Waals surface area contributed by atoms with Crippen LogP contribution in [-0.2, 0) is 14.3 Å². The first-order valence-corrected chi connectivity index (χ1v) is 10.3. The fourth-order valence-corrected chi connectivity index (χ4v) is 2.55. The van der Waals surface area contributed by atoms with Crippen LogP contribution in [0.2, 0.25) is 0 Å². The Morgan fingerprint density at radius 2 is 1.33 bits per heavy atom. The normalized spacial score (nSPS) is 13.0. The molecule has 0 aliphatic carbocycles. The van der Waals surface area contributed by atoms with Crippen molar-refractivity contribution < 1.29 is 19.1 Å². The first kappa shape index (κ1) is 25.6. The van der Waals surface area contributed by atoms with Gasteiger partial charge in [-0.3, -0.25) is 4.79 Å². The van der Waals surface area contributed by atoms with E-state index in [2.05, 4.69) is 18.8 Å². The summed E-state index contributed by atoms with van der Waals surface area (Å²) in [4.78, 5) is 28.2. The molecule has 27 heavy (non-hydrogen) atoms. The van der Waals surface area contributed by atoms with Crippen molar-refractivity contribution in [3.05, 3.63) is 0 Å². The topological polar surface area (TPSA) is 65.0 Å². The van der Waals surface area contributed by atoms with Crippen molar-refractivity contribution in [2.75, 3.05) is 0 Å². The minimum absolute atomic E-state index is 0.0316. The van der Waals surface area contributed by atoms with Crippen LogP contribution < -0.4 is 0 Å². The highest BCUT2D eigenvalue weighted by Gasteiger charge is 2.20. The second-order valence-electron chi connectivity index (χ2n) is 9.62. The molecule has 0 spiro atoms. The van der Waals surface area contributed by atoms with Gasteiger partial charge in [-0.1, -0.05) is 46.0 Å². The molecular formula is C22H41NO4. The van der Waals surface area contributed by atoms with Crippen molar-refractivity contribution in [2.24, 2.45) is 10.9 Å². The van der Waals surface area contributed by atoms with Crippen LogP contribution in [0, 0.1) is 5.92 Å². The Morgan fingerprint density at radius 1 is 0.815 bits per heavy atom. The number of hydrogen-bond donors (Lipinski definition) is 0. The molecule has 0 aromatic carbocycles. The van der Waals surface area contributed by atoms with E-state index in [4.69, 9.17) is 9.47 Å². The van der Waals surface area contributed by atoms with Gasteiger partial charge >= 0.3 is 12.1 Å². The first-order valence-electron chi connectivity index (χ1n) is 10.3. The molecule has 0 aliphatic heterocycles. The number of esters is 1. The predicted molar refractivity (Wildman–Crippen MR) is 111 cm³/mol. The van der Waals surface area contributed by atoms with E-state index >= 15 is 0 Å². The number of unbranched alkanes of at least 4 members (excludes halogenated alkanes) is 4. The SMILES string of the molecule is CC(C)CCCCCCCC(CC(=O)OC(C)(C)C)=NC(=O)OC(C)(C)C. The van der Waals surface area contributed by atoms with Crippen LogP contribution in [0.3, 0.4) is 0 Å². The third-order valence-corrected chi connectivity index (χ3v) is 3.66. The monoisotopic (exact) mass is 383 g/mol. The Hall–Kier alpha value is -1.39. The van der Waals surface area contributed by atoms with E-state index in [9.17, 15) is 9.59 Å². The smallest absolute Gasteiger partial charge is 0.434 e. The Morgan fingerprint density at radius 3 is 1.85 bits per heavy atom. The van der Waals surface area contributed by atoms with E-state index in [0.717, 1.165) is 18.8 Å². The van der Waals surface area contributed by atoms with E-state index < -0.39 is 17.3 Å². The van der Waals surface area contributed by atoms with Gasteiger partial charge in [0.05, 0.1) is 6.42 Å². The Kier molecular flexibility index (Phi) is 11.5. The van der Waals surface area contributed by atoms with Gasteiger partial charge in [0.15, 0.2) is 0 Å². The number of nitrogens with zero attached hydrogens (tertiary/aromatic N) is 1. The fourth-order valence-electron chi connectivity index (χ4n) is 2.55. The first-order chi connectivity index (χ1) is 12.3. The number of carbonyl (C=O) groups is 2. The standard InChI is InChI=1S/C22H41NO4/c1-17(2)14-12-10-9-11-13-15-18(16-19(24)26-21(3,4)5)23-20(25)27-22(6,7)8/h17H,9-16H2,1-8H3. The van der Waals surface area contributed by atoms with Crippen LogP contribution in [0.4, 0.5) is 4.79 Å². The molecule has 0 atom stereocenters. The summed E-state index contributed by atoms with van der Waals surface area (Å²) in [7, 11) is 0. The minimum atomic E-state index is -0.641. The lowest BCUT2D eigenvalue weighted by Crippen LogP contribution is -2.26. The summed E-state index contributed by atoms with van der Waals surface area (Å²) in [6.45, 7) is 15.4. The molecule has 158 valence electrons. The molecule has 1 amide bonds. The molecular weight excluding hydrogens is 342 g/mol. The van der Waals surface area contributed by atoms with Crippen molar-refractivity contribution >= 4 is 17.8 Å². The van der Waals surface area contributed by atoms with Crippen molar-refractivity contribution in [1.29, 1.82) is 0 Å². The maximum atomic E-state index is 12.1. The molecule has 0 saturated heterocycles. The molecule has 0 N–H and O–H groups in total. The van der Waals surface area contributed by atoms with Crippen LogP contribution >= 0.6 is 0 Å². The number of aliphatic imine (C=N–C) groups is 1. The molecule has 0 fully saturated rings. The maximum absolute atomic E-state index is 12.1. The molecule has 0 rings (SSSR count). The quantitative estimate of drug-likeness (QED) is 0.246. The molecule has 5 nitrogen and oxygen atoms in total. The molecule has 0 unspecified atom stereocenters. The largest absolute Gasteiger partial charge is 0.460 e. The zero-order valence-electron chi connectivity index (χ0n) is 18.8. The van der Waals surface area contributed by atoms with Gasteiger partial charge < -0.3 is 9.47 Å². The average Bonchev–Trinajstić information content (AvgIpc) is 2.41. The predicted octanol–water partition coefficient (Wildman–Crippen LogP) is 6.48. The van der Waals surface area contributed by atoms with E-state index in [1.165, 1.54) is 25.7 Å². The van der Waals surface area contributed by atoms with Gasteiger partial charge in [0, 0.05) is 5.71 Å². The van der Waals surface area contributed by atoms with Gasteiger partial charge in [-0.2, -0.15) is 4.99 Å². The average molecular weight is 384 g/mol. The van der Waals surface area contributed by atoms with E-state index in [0.29, 0.717) is 12.1 Å². The van der Waals surface area contributed by atoms with Crippen LogP contribution in [0.1, 0.15) is 107 Å². The second kappa shape index (κ2) is 12.1. The molecule has 5 heteroatoms. The van der Waals surface area contributed by atoms with Gasteiger partial charge in [-0.05, 0) is 60.3 Å². The molecule has 0 aliphatic rings. The third-order valence-electron chi connectivity index (χ3n) is 3.66. The zero-order valence-corrected chi connectivity index (χ0v) is 18.8. The number of hydrogen-bond acceptors (Lipinski definition) is 4. The zero-order chi connectivity index (χ0) is 21.1. The highest BCUT2D eigenvalue weighted by molar-refractivity contribution is 6.03. The van der Waals surface area contributed by atoms with E-state index in [1.54, 1.807) is 20.8 Å². The highest BCUT2D eigenvalue weighted by atomic mass is 16.6.